The summed E-state index contributed by atoms with van der Waals surface area (Å²) in [7, 11) is 1.28. The van der Waals surface area contributed by atoms with Gasteiger partial charge in [0.15, 0.2) is 5.72 Å². The van der Waals surface area contributed by atoms with E-state index in [0.29, 0.717) is 21.4 Å². The summed E-state index contributed by atoms with van der Waals surface area (Å²) in [4.78, 5) is 23.9. The van der Waals surface area contributed by atoms with Crippen LogP contribution in [0.15, 0.2) is 12.1 Å². The number of halogens is 2. The van der Waals surface area contributed by atoms with E-state index >= 15 is 0 Å². The van der Waals surface area contributed by atoms with Crippen molar-refractivity contribution in [3.63, 3.8) is 0 Å². The number of esters is 1. The normalized spacial score (nSPS) is 29.6. The zero-order valence-electron chi connectivity index (χ0n) is 11.2. The zero-order valence-corrected chi connectivity index (χ0v) is 12.7. The molecule has 1 aromatic carbocycles. The summed E-state index contributed by atoms with van der Waals surface area (Å²) in [6.45, 7) is 1.61. The maximum absolute atomic E-state index is 12.1. The Morgan fingerprint density at radius 1 is 1.43 bits per heavy atom. The number of amides is 2. The second-order valence-corrected chi connectivity index (χ2v) is 5.94. The molecule has 0 aliphatic carbocycles. The number of hydrogen-bond donors (Lipinski definition) is 2. The predicted octanol–water partition coefficient (Wildman–Crippen LogP) is 2.25. The molecular weight excluding hydrogens is 319 g/mol. The van der Waals surface area contributed by atoms with Crippen LogP contribution in [0.4, 0.5) is 4.79 Å². The monoisotopic (exact) mass is 330 g/mol. The predicted molar refractivity (Wildman–Crippen MR) is 75.4 cm³/mol. The highest BCUT2D eigenvalue weighted by Gasteiger charge is 2.56. The molecule has 6 nitrogen and oxygen atoms in total. The quantitative estimate of drug-likeness (QED) is 0.774. The molecule has 1 fully saturated rings. The molecule has 3 unspecified atom stereocenters. The molecule has 2 aliphatic heterocycles. The fourth-order valence-electron chi connectivity index (χ4n) is 2.85. The van der Waals surface area contributed by atoms with Gasteiger partial charge in [0.25, 0.3) is 0 Å². The molecule has 3 rings (SSSR count). The molecule has 3 atom stereocenters. The number of ether oxygens (including phenoxy) is 2. The van der Waals surface area contributed by atoms with Crippen LogP contribution < -0.4 is 15.4 Å². The third-order valence-electron chi connectivity index (χ3n) is 3.72. The Bertz CT molecular complexity index is 651. The van der Waals surface area contributed by atoms with Crippen LogP contribution in [0.25, 0.3) is 0 Å². The molecule has 1 saturated heterocycles. The van der Waals surface area contributed by atoms with Gasteiger partial charge in [-0.15, -0.1) is 0 Å². The Morgan fingerprint density at radius 2 is 2.14 bits per heavy atom. The van der Waals surface area contributed by atoms with Crippen LogP contribution >= 0.6 is 23.2 Å². The second-order valence-electron chi connectivity index (χ2n) is 5.09. The number of hydrogen-bond acceptors (Lipinski definition) is 4. The van der Waals surface area contributed by atoms with Crippen LogP contribution in [0.2, 0.25) is 10.0 Å². The average molecular weight is 331 g/mol. The zero-order chi connectivity index (χ0) is 15.4. The first-order valence-electron chi connectivity index (χ1n) is 6.20. The summed E-state index contributed by atoms with van der Waals surface area (Å²) in [5.74, 6) is -0.875. The number of benzene rings is 1. The molecule has 2 bridgehead atoms. The number of methoxy groups -OCH3 is 1. The van der Waals surface area contributed by atoms with Crippen molar-refractivity contribution in [2.45, 2.75) is 18.7 Å². The first-order chi connectivity index (χ1) is 9.85. The Morgan fingerprint density at radius 3 is 2.81 bits per heavy atom. The smallest absolute Gasteiger partial charge is 0.318 e. The van der Waals surface area contributed by atoms with Gasteiger partial charge in [-0.05, 0) is 19.1 Å². The molecule has 21 heavy (non-hydrogen) atoms. The van der Waals surface area contributed by atoms with E-state index in [2.05, 4.69) is 10.6 Å². The van der Waals surface area contributed by atoms with E-state index in [1.807, 2.05) is 0 Å². The number of rotatable bonds is 1. The summed E-state index contributed by atoms with van der Waals surface area (Å²) in [6.07, 6.45) is 0. The van der Waals surface area contributed by atoms with Gasteiger partial charge in [-0.3, -0.25) is 10.1 Å². The Balaban J connectivity index is 2.20. The molecule has 8 heteroatoms. The highest BCUT2D eigenvalue weighted by atomic mass is 35.5. The first kappa shape index (κ1) is 14.3. The van der Waals surface area contributed by atoms with Crippen LogP contribution in [0.1, 0.15) is 18.5 Å². The molecule has 2 heterocycles. The van der Waals surface area contributed by atoms with Crippen molar-refractivity contribution >= 4 is 35.2 Å². The van der Waals surface area contributed by atoms with E-state index < -0.39 is 29.7 Å². The fraction of sp³-hybridized carbons (Fsp3) is 0.385. The minimum atomic E-state index is -1.25. The number of carbonyl (C=O) groups excluding carboxylic acids is 2. The van der Waals surface area contributed by atoms with E-state index in [-0.39, 0.29) is 0 Å². The standard InChI is InChI=1S/C13H12Cl2N2O4/c1-13-8(11(18)20-2)9(16-12(19)17-13)6-3-5(14)4-7(15)10(6)21-13/h3-4,8-9H,1-2H3,(H2,16,17,19). The van der Waals surface area contributed by atoms with E-state index in [1.54, 1.807) is 19.1 Å². The van der Waals surface area contributed by atoms with E-state index in [1.165, 1.54) is 7.11 Å². The topological polar surface area (TPSA) is 76.7 Å². The summed E-state index contributed by atoms with van der Waals surface area (Å²) in [6, 6.07) is 2.09. The first-order valence-corrected chi connectivity index (χ1v) is 6.96. The van der Waals surface area contributed by atoms with Crippen molar-refractivity contribution < 1.29 is 19.1 Å². The lowest BCUT2D eigenvalue weighted by molar-refractivity contribution is -0.160. The van der Waals surface area contributed by atoms with Gasteiger partial charge < -0.3 is 14.8 Å². The second kappa shape index (κ2) is 4.68. The summed E-state index contributed by atoms with van der Waals surface area (Å²) in [5, 5.41) is 6.01. The van der Waals surface area contributed by atoms with Gasteiger partial charge in [0.1, 0.15) is 11.7 Å². The van der Waals surface area contributed by atoms with Gasteiger partial charge in [0.2, 0.25) is 0 Å². The van der Waals surface area contributed by atoms with Crippen molar-refractivity contribution in [3.05, 3.63) is 27.7 Å². The Hall–Kier alpha value is -1.66. The molecule has 0 aromatic heterocycles. The highest BCUT2D eigenvalue weighted by molar-refractivity contribution is 6.35. The summed E-state index contributed by atoms with van der Waals surface area (Å²) >= 11 is 12.2. The van der Waals surface area contributed by atoms with Crippen molar-refractivity contribution in [2.75, 3.05) is 7.11 Å². The van der Waals surface area contributed by atoms with E-state index in [9.17, 15) is 9.59 Å². The van der Waals surface area contributed by atoms with Crippen molar-refractivity contribution in [1.82, 2.24) is 10.6 Å². The molecule has 112 valence electrons. The number of urea groups is 1. The number of fused-ring (bicyclic) bond motifs is 4. The van der Waals surface area contributed by atoms with E-state index in [4.69, 9.17) is 32.7 Å². The Labute approximate surface area is 130 Å². The molecule has 0 radical (unpaired) electrons. The number of carbonyl (C=O) groups is 2. The lowest BCUT2D eigenvalue weighted by Crippen LogP contribution is -2.70. The van der Waals surface area contributed by atoms with Gasteiger partial charge in [-0.2, -0.15) is 0 Å². The minimum Gasteiger partial charge on any atom is -0.469 e. The van der Waals surface area contributed by atoms with Gasteiger partial charge in [0, 0.05) is 10.6 Å². The third kappa shape index (κ3) is 2.10. The molecule has 2 aliphatic rings. The molecule has 2 amide bonds. The maximum Gasteiger partial charge on any atom is 0.318 e. The van der Waals surface area contributed by atoms with Crippen LogP contribution in [-0.2, 0) is 9.53 Å². The average Bonchev–Trinajstić information content (AvgIpc) is 2.38. The van der Waals surface area contributed by atoms with Crippen LogP contribution in [0, 0.1) is 5.92 Å². The highest BCUT2D eigenvalue weighted by Crippen LogP contribution is 2.48. The van der Waals surface area contributed by atoms with Gasteiger partial charge in [0.05, 0.1) is 18.2 Å². The fourth-order valence-corrected chi connectivity index (χ4v) is 3.39. The lowest BCUT2D eigenvalue weighted by atomic mass is 9.80. The minimum absolute atomic E-state index is 0.315. The van der Waals surface area contributed by atoms with Crippen LogP contribution in [0.5, 0.6) is 5.75 Å². The molecule has 0 saturated carbocycles. The van der Waals surface area contributed by atoms with Gasteiger partial charge in [-0.25, -0.2) is 4.79 Å². The van der Waals surface area contributed by atoms with Crippen LogP contribution in [0.3, 0.4) is 0 Å². The van der Waals surface area contributed by atoms with Crippen LogP contribution in [-0.4, -0.2) is 24.8 Å². The summed E-state index contributed by atoms with van der Waals surface area (Å²) in [5.41, 5.74) is -0.694. The lowest BCUT2D eigenvalue weighted by Gasteiger charge is -2.49. The molecule has 1 aromatic rings. The van der Waals surface area contributed by atoms with Crippen molar-refractivity contribution in [2.24, 2.45) is 5.92 Å². The molecular formula is C13H12Cl2N2O4. The SMILES string of the molecule is COC(=O)C1C2NC(=O)NC1(C)Oc1c(Cl)cc(Cl)cc12. The Kier molecular flexibility index (Phi) is 3.18. The molecule has 0 spiro atoms. The van der Waals surface area contributed by atoms with Crippen molar-refractivity contribution in [3.8, 4) is 5.75 Å². The number of nitrogens with one attached hydrogen (secondary N) is 2. The third-order valence-corrected chi connectivity index (χ3v) is 4.22. The van der Waals surface area contributed by atoms with Gasteiger partial charge in [-0.1, -0.05) is 23.2 Å². The molecule has 2 N–H and O–H groups in total. The van der Waals surface area contributed by atoms with Crippen molar-refractivity contribution in [1.29, 1.82) is 0 Å². The summed E-state index contributed by atoms with van der Waals surface area (Å²) < 4.78 is 10.6. The largest absolute Gasteiger partial charge is 0.469 e. The maximum atomic E-state index is 12.1. The van der Waals surface area contributed by atoms with Gasteiger partial charge >= 0.3 is 12.0 Å². The van der Waals surface area contributed by atoms with E-state index in [0.717, 1.165) is 0 Å².